The average Bonchev–Trinajstić information content (AvgIpc) is 3.32. The number of H-pyrrole nitrogens is 1. The van der Waals surface area contributed by atoms with Gasteiger partial charge < -0.3 is 9.88 Å². The number of benzene rings is 1. The Kier molecular flexibility index (Phi) is 3.67. The van der Waals surface area contributed by atoms with Gasteiger partial charge in [0.05, 0.1) is 0 Å². The van der Waals surface area contributed by atoms with Gasteiger partial charge in [0.2, 0.25) is 0 Å². The molecule has 0 spiro atoms. The fourth-order valence-corrected chi connectivity index (χ4v) is 3.02. The lowest BCUT2D eigenvalue weighted by Gasteiger charge is -2.05. The van der Waals surface area contributed by atoms with Crippen molar-refractivity contribution in [2.75, 3.05) is 13.1 Å². The molecule has 0 saturated carbocycles. The Balaban J connectivity index is 1.60. The molecule has 1 aromatic carbocycles. The number of hydrogen-bond donors (Lipinski definition) is 1. The van der Waals surface area contributed by atoms with Crippen molar-refractivity contribution in [3.05, 3.63) is 54.5 Å². The fraction of sp³-hybridized carbons (Fsp3) is 0.222. The summed E-state index contributed by atoms with van der Waals surface area (Å²) in [6.45, 7) is 1.47. The van der Waals surface area contributed by atoms with E-state index in [0.717, 1.165) is 35.6 Å². The highest BCUT2D eigenvalue weighted by Crippen LogP contribution is 2.26. The van der Waals surface area contributed by atoms with Gasteiger partial charge in [-0.05, 0) is 29.7 Å². The summed E-state index contributed by atoms with van der Waals surface area (Å²) in [5.41, 5.74) is 3.00. The lowest BCUT2D eigenvalue weighted by Crippen LogP contribution is -2.13. The maximum absolute atomic E-state index is 8.97. The monoisotopic (exact) mass is 316 g/mol. The minimum absolute atomic E-state index is 0.225. The molecule has 4 rings (SSSR count). The molecule has 118 valence electrons. The molecule has 0 amide bonds. The molecule has 1 aliphatic heterocycles. The van der Waals surface area contributed by atoms with Gasteiger partial charge in [-0.15, -0.1) is 10.2 Å². The van der Waals surface area contributed by atoms with Crippen LogP contribution in [0.4, 0.5) is 0 Å². The number of nitrogens with zero attached hydrogens (tertiary/aromatic N) is 5. The van der Waals surface area contributed by atoms with Crippen LogP contribution in [0.15, 0.2) is 48.7 Å². The summed E-state index contributed by atoms with van der Waals surface area (Å²) in [7, 11) is 0. The maximum Gasteiger partial charge on any atom is 0.180 e. The van der Waals surface area contributed by atoms with Crippen LogP contribution in [0.2, 0.25) is 0 Å². The molecule has 3 aromatic rings. The Labute approximate surface area is 139 Å². The smallest absolute Gasteiger partial charge is 0.180 e. The van der Waals surface area contributed by atoms with Crippen LogP contribution < -0.4 is 0 Å². The molecule has 0 radical (unpaired) electrons. The summed E-state index contributed by atoms with van der Waals surface area (Å²) in [6.07, 6.45) is 4.89. The number of nitriles is 1. The first kappa shape index (κ1) is 14.4. The average molecular weight is 316 g/mol. The second kappa shape index (κ2) is 6.13. The number of hydrogen-bond acceptors (Lipinski definition) is 5. The number of likely N-dealkylation sites (tertiary alicyclic amines) is 1. The molecule has 6 nitrogen and oxygen atoms in total. The van der Waals surface area contributed by atoms with Crippen molar-refractivity contribution < 1.29 is 0 Å². The molecular weight excluding hydrogens is 300 g/mol. The summed E-state index contributed by atoms with van der Waals surface area (Å²) in [4.78, 5) is 9.43. The van der Waals surface area contributed by atoms with Crippen LogP contribution in [-0.2, 0) is 0 Å². The zero-order valence-corrected chi connectivity index (χ0v) is 13.1. The molecule has 24 heavy (non-hydrogen) atoms. The van der Waals surface area contributed by atoms with Crippen LogP contribution >= 0.6 is 0 Å². The van der Waals surface area contributed by atoms with Crippen molar-refractivity contribution >= 4 is 0 Å². The molecule has 2 aromatic heterocycles. The van der Waals surface area contributed by atoms with Gasteiger partial charge in [0, 0.05) is 25.2 Å². The van der Waals surface area contributed by atoms with E-state index in [9.17, 15) is 0 Å². The van der Waals surface area contributed by atoms with Gasteiger partial charge in [0.1, 0.15) is 11.5 Å². The van der Waals surface area contributed by atoms with E-state index in [0.29, 0.717) is 12.4 Å². The summed E-state index contributed by atoms with van der Waals surface area (Å²) in [6, 6.07) is 14.2. The van der Waals surface area contributed by atoms with E-state index in [-0.39, 0.29) is 5.92 Å². The van der Waals surface area contributed by atoms with Gasteiger partial charge in [-0.3, -0.25) is 4.98 Å². The number of pyridine rings is 1. The largest absolute Gasteiger partial charge is 0.323 e. The van der Waals surface area contributed by atoms with E-state index in [1.165, 1.54) is 0 Å². The third-order valence-electron chi connectivity index (χ3n) is 4.33. The molecule has 6 heteroatoms. The zero-order valence-electron chi connectivity index (χ0n) is 13.1. The minimum atomic E-state index is 0.225. The van der Waals surface area contributed by atoms with Crippen LogP contribution in [0.3, 0.4) is 0 Å². The van der Waals surface area contributed by atoms with Crippen molar-refractivity contribution in [2.24, 2.45) is 0 Å². The van der Waals surface area contributed by atoms with E-state index in [1.807, 2.05) is 30.3 Å². The highest BCUT2D eigenvalue weighted by Gasteiger charge is 2.26. The summed E-state index contributed by atoms with van der Waals surface area (Å²) >= 11 is 0. The van der Waals surface area contributed by atoms with Crippen LogP contribution in [-0.4, -0.2) is 38.2 Å². The van der Waals surface area contributed by atoms with Crippen molar-refractivity contribution in [3.8, 4) is 28.8 Å². The van der Waals surface area contributed by atoms with E-state index in [1.54, 1.807) is 11.1 Å². The molecule has 1 saturated heterocycles. The molecule has 0 bridgehead atoms. The first-order valence-electron chi connectivity index (χ1n) is 7.92. The van der Waals surface area contributed by atoms with Crippen molar-refractivity contribution in [2.45, 2.75) is 12.3 Å². The van der Waals surface area contributed by atoms with Crippen LogP contribution in [0, 0.1) is 11.5 Å². The number of aromatic nitrogens is 4. The van der Waals surface area contributed by atoms with E-state index < -0.39 is 0 Å². The van der Waals surface area contributed by atoms with Crippen molar-refractivity contribution in [1.82, 2.24) is 25.1 Å². The zero-order chi connectivity index (χ0) is 16.4. The van der Waals surface area contributed by atoms with Crippen molar-refractivity contribution in [1.29, 1.82) is 5.26 Å². The van der Waals surface area contributed by atoms with E-state index in [2.05, 4.69) is 38.5 Å². The maximum atomic E-state index is 8.97. The van der Waals surface area contributed by atoms with Crippen LogP contribution in [0.25, 0.3) is 22.6 Å². The number of aromatic amines is 1. The van der Waals surface area contributed by atoms with Gasteiger partial charge in [0.15, 0.2) is 12.0 Å². The molecule has 1 aliphatic rings. The lowest BCUT2D eigenvalue weighted by atomic mass is 10.1. The Bertz CT molecular complexity index is 880. The van der Waals surface area contributed by atoms with E-state index >= 15 is 0 Å². The van der Waals surface area contributed by atoms with Gasteiger partial charge in [-0.2, -0.15) is 5.26 Å². The molecule has 1 N–H and O–H groups in total. The predicted molar refractivity (Wildman–Crippen MR) is 89.6 cm³/mol. The SMILES string of the molecule is N#CN1CCC(c2nnc(-c3cc(-c4ccccc4)ccn3)[nH]2)C1. The first-order valence-corrected chi connectivity index (χ1v) is 7.92. The summed E-state index contributed by atoms with van der Waals surface area (Å²) < 4.78 is 0. The second-order valence-corrected chi connectivity index (χ2v) is 5.89. The lowest BCUT2D eigenvalue weighted by molar-refractivity contribution is 0.476. The second-order valence-electron chi connectivity index (χ2n) is 5.89. The Morgan fingerprint density at radius 3 is 2.79 bits per heavy atom. The molecule has 1 fully saturated rings. The van der Waals surface area contributed by atoms with Gasteiger partial charge in [-0.1, -0.05) is 30.3 Å². The number of nitrogens with one attached hydrogen (secondary N) is 1. The molecule has 1 atom stereocenters. The van der Waals surface area contributed by atoms with Crippen LogP contribution in [0.1, 0.15) is 18.2 Å². The summed E-state index contributed by atoms with van der Waals surface area (Å²) in [5, 5.41) is 17.5. The fourth-order valence-electron chi connectivity index (χ4n) is 3.02. The van der Waals surface area contributed by atoms with Gasteiger partial charge >= 0.3 is 0 Å². The quantitative estimate of drug-likeness (QED) is 0.751. The first-order chi connectivity index (χ1) is 11.8. The molecule has 1 unspecified atom stereocenters. The Hall–Kier alpha value is -3.20. The predicted octanol–water partition coefficient (Wildman–Crippen LogP) is 2.80. The molecular formula is C18H16N6. The summed E-state index contributed by atoms with van der Waals surface area (Å²) in [5.74, 6) is 1.72. The Morgan fingerprint density at radius 1 is 1.12 bits per heavy atom. The normalized spacial score (nSPS) is 17.0. The van der Waals surface area contributed by atoms with Gasteiger partial charge in [0.25, 0.3) is 0 Å². The molecule has 3 heterocycles. The highest BCUT2D eigenvalue weighted by atomic mass is 15.2. The highest BCUT2D eigenvalue weighted by molar-refractivity contribution is 5.67. The number of rotatable bonds is 3. The van der Waals surface area contributed by atoms with Gasteiger partial charge in [-0.25, -0.2) is 0 Å². The minimum Gasteiger partial charge on any atom is -0.323 e. The third-order valence-corrected chi connectivity index (χ3v) is 4.33. The standard InChI is InChI=1S/C18H16N6/c19-12-24-9-7-15(11-24)17-21-18(23-22-17)16-10-14(6-8-20-16)13-4-2-1-3-5-13/h1-6,8,10,15H,7,9,11H2,(H,21,22,23). The molecule has 0 aliphatic carbocycles. The van der Waals surface area contributed by atoms with Crippen molar-refractivity contribution in [3.63, 3.8) is 0 Å². The van der Waals surface area contributed by atoms with E-state index in [4.69, 9.17) is 5.26 Å². The van der Waals surface area contributed by atoms with Crippen LogP contribution in [0.5, 0.6) is 0 Å². The third kappa shape index (κ3) is 2.72. The Morgan fingerprint density at radius 2 is 2.00 bits per heavy atom. The topological polar surface area (TPSA) is 81.5 Å².